The highest BCUT2D eigenvalue weighted by Crippen LogP contribution is 2.24. The lowest BCUT2D eigenvalue weighted by molar-refractivity contribution is -0.124. The molecule has 29 heavy (non-hydrogen) atoms. The molecule has 7 nitrogen and oxygen atoms in total. The van der Waals surface area contributed by atoms with Crippen LogP contribution in [0, 0.1) is 0 Å². The normalized spacial score (nSPS) is 10.8. The first-order chi connectivity index (χ1) is 14.1. The number of thiophene rings is 1. The smallest absolute Gasteiger partial charge is 0.340 e. The molecule has 148 valence electrons. The fourth-order valence-corrected chi connectivity index (χ4v) is 3.11. The molecule has 0 saturated carbocycles. The summed E-state index contributed by atoms with van der Waals surface area (Å²) in [7, 11) is 0. The van der Waals surface area contributed by atoms with Gasteiger partial charge >= 0.3 is 5.97 Å². The fraction of sp³-hybridized carbons (Fsp3) is 0.143. The molecule has 2 aromatic carbocycles. The molecular weight excluding hydrogens is 390 g/mol. The third kappa shape index (κ3) is 6.25. The number of aromatic hydroxyl groups is 1. The number of ether oxygens (including phenoxy) is 1. The Morgan fingerprint density at radius 1 is 1.00 bits per heavy atom. The van der Waals surface area contributed by atoms with Crippen molar-refractivity contribution < 1.29 is 19.4 Å². The molecule has 0 bridgehead atoms. The molecule has 0 aliphatic carbocycles. The van der Waals surface area contributed by atoms with Gasteiger partial charge in [0.15, 0.2) is 6.61 Å². The van der Waals surface area contributed by atoms with Crippen LogP contribution in [0.4, 0.5) is 11.4 Å². The Hall–Kier alpha value is -3.52. The highest BCUT2D eigenvalue weighted by atomic mass is 32.1. The van der Waals surface area contributed by atoms with Gasteiger partial charge in [0, 0.05) is 11.4 Å². The van der Waals surface area contributed by atoms with Crippen molar-refractivity contribution in [2.75, 3.05) is 13.2 Å². The van der Waals surface area contributed by atoms with E-state index in [2.05, 4.69) is 15.5 Å². The number of amides is 1. The average Bonchev–Trinajstić information content (AvgIpc) is 3.25. The highest BCUT2D eigenvalue weighted by Gasteiger charge is 2.14. The second kappa shape index (κ2) is 10.1. The number of nitrogens with zero attached hydrogens (tertiary/aromatic N) is 2. The zero-order valence-corrected chi connectivity index (χ0v) is 16.3. The molecule has 0 atom stereocenters. The van der Waals surface area contributed by atoms with Gasteiger partial charge in [0.2, 0.25) is 0 Å². The van der Waals surface area contributed by atoms with E-state index in [9.17, 15) is 14.7 Å². The number of esters is 1. The molecule has 0 radical (unpaired) electrons. The summed E-state index contributed by atoms with van der Waals surface area (Å²) in [4.78, 5) is 25.4. The van der Waals surface area contributed by atoms with Crippen LogP contribution < -0.4 is 5.32 Å². The molecule has 1 heterocycles. The van der Waals surface area contributed by atoms with Crippen molar-refractivity contribution >= 4 is 34.6 Å². The number of phenolic OH excluding ortho intramolecular Hbond substituents is 1. The number of benzene rings is 2. The van der Waals surface area contributed by atoms with Crippen LogP contribution >= 0.6 is 11.3 Å². The summed E-state index contributed by atoms with van der Waals surface area (Å²) in [6.07, 6.45) is 0.734. The minimum Gasteiger partial charge on any atom is -0.508 e. The molecule has 0 aliphatic heterocycles. The van der Waals surface area contributed by atoms with Crippen molar-refractivity contribution in [2.24, 2.45) is 10.2 Å². The van der Waals surface area contributed by atoms with Crippen molar-refractivity contribution in [3.8, 4) is 5.75 Å². The first-order valence-corrected chi connectivity index (χ1v) is 9.76. The number of hydrogen-bond donors (Lipinski definition) is 2. The second-order valence-electron chi connectivity index (χ2n) is 5.99. The zero-order valence-electron chi connectivity index (χ0n) is 15.4. The zero-order chi connectivity index (χ0) is 20.5. The Labute approximate surface area is 171 Å². The minimum atomic E-state index is -0.654. The van der Waals surface area contributed by atoms with Crippen LogP contribution in [0.25, 0.3) is 0 Å². The Bertz CT molecular complexity index is 985. The van der Waals surface area contributed by atoms with Crippen molar-refractivity contribution in [1.29, 1.82) is 0 Å². The van der Waals surface area contributed by atoms with Crippen LogP contribution in [0.3, 0.4) is 0 Å². The molecular formula is C21H19N3O4S. The summed E-state index contributed by atoms with van der Waals surface area (Å²) in [5.74, 6) is -0.890. The Kier molecular flexibility index (Phi) is 7.07. The van der Waals surface area contributed by atoms with E-state index in [-0.39, 0.29) is 23.8 Å². The van der Waals surface area contributed by atoms with Crippen molar-refractivity contribution in [2.45, 2.75) is 6.42 Å². The van der Waals surface area contributed by atoms with E-state index in [4.69, 9.17) is 4.74 Å². The fourth-order valence-electron chi connectivity index (χ4n) is 2.40. The number of nitrogens with one attached hydrogen (secondary N) is 1. The number of carbonyl (C=O) groups is 2. The summed E-state index contributed by atoms with van der Waals surface area (Å²) < 4.78 is 5.10. The molecule has 0 spiro atoms. The van der Waals surface area contributed by atoms with E-state index in [1.165, 1.54) is 17.0 Å². The molecule has 0 saturated heterocycles. The van der Waals surface area contributed by atoms with E-state index in [1.54, 1.807) is 47.7 Å². The van der Waals surface area contributed by atoms with Crippen molar-refractivity contribution in [3.63, 3.8) is 0 Å². The van der Waals surface area contributed by atoms with Gasteiger partial charge in [-0.2, -0.15) is 5.11 Å². The van der Waals surface area contributed by atoms with Crippen LogP contribution in [-0.4, -0.2) is 30.1 Å². The minimum absolute atomic E-state index is 0.126. The molecule has 2 N–H and O–H groups in total. The molecule has 1 amide bonds. The number of hydrogen-bond acceptors (Lipinski definition) is 7. The topological polar surface area (TPSA) is 100 Å². The molecule has 0 fully saturated rings. The van der Waals surface area contributed by atoms with Gasteiger partial charge in [-0.05, 0) is 54.3 Å². The highest BCUT2D eigenvalue weighted by molar-refractivity contribution is 7.09. The van der Waals surface area contributed by atoms with Crippen LogP contribution in [0.2, 0.25) is 0 Å². The first-order valence-electron chi connectivity index (χ1n) is 8.88. The monoisotopic (exact) mass is 409 g/mol. The Morgan fingerprint density at radius 2 is 1.79 bits per heavy atom. The van der Waals surface area contributed by atoms with Crippen molar-refractivity contribution in [1.82, 2.24) is 5.32 Å². The summed E-state index contributed by atoms with van der Waals surface area (Å²) in [6, 6.07) is 16.7. The summed E-state index contributed by atoms with van der Waals surface area (Å²) >= 11 is 1.63. The van der Waals surface area contributed by atoms with Crippen LogP contribution in [0.5, 0.6) is 5.75 Å². The summed E-state index contributed by atoms with van der Waals surface area (Å²) in [5.41, 5.74) is 1.06. The van der Waals surface area contributed by atoms with Gasteiger partial charge in [-0.25, -0.2) is 4.79 Å². The maximum Gasteiger partial charge on any atom is 0.340 e. The lowest BCUT2D eigenvalue weighted by atomic mass is 10.2. The molecule has 1 aromatic heterocycles. The van der Waals surface area contributed by atoms with Crippen molar-refractivity contribution in [3.05, 3.63) is 76.5 Å². The quantitative estimate of drug-likeness (QED) is 0.426. The van der Waals surface area contributed by atoms with E-state index in [1.807, 2.05) is 17.5 Å². The van der Waals surface area contributed by atoms with Gasteiger partial charge in [-0.15, -0.1) is 16.5 Å². The van der Waals surface area contributed by atoms with Crippen LogP contribution in [0.1, 0.15) is 15.2 Å². The number of phenols is 1. The van der Waals surface area contributed by atoms with Gasteiger partial charge < -0.3 is 15.2 Å². The van der Waals surface area contributed by atoms with Crippen LogP contribution in [0.15, 0.2) is 76.3 Å². The van der Waals surface area contributed by atoms with E-state index in [0.717, 1.165) is 6.42 Å². The Morgan fingerprint density at radius 3 is 2.55 bits per heavy atom. The van der Waals surface area contributed by atoms with E-state index < -0.39 is 5.97 Å². The third-order valence-electron chi connectivity index (χ3n) is 3.85. The van der Waals surface area contributed by atoms with Crippen LogP contribution in [-0.2, 0) is 16.0 Å². The van der Waals surface area contributed by atoms with E-state index in [0.29, 0.717) is 17.9 Å². The average molecular weight is 409 g/mol. The lowest BCUT2D eigenvalue weighted by Gasteiger charge is -2.07. The number of rotatable bonds is 8. The summed E-state index contributed by atoms with van der Waals surface area (Å²) in [6.45, 7) is 0.112. The lowest BCUT2D eigenvalue weighted by Crippen LogP contribution is -2.30. The first kappa shape index (κ1) is 20.2. The molecule has 3 aromatic rings. The SMILES string of the molecule is O=C(COC(=O)c1ccccc1N=Nc1ccc(O)cc1)NCCc1cccs1. The predicted octanol–water partition coefficient (Wildman–Crippen LogP) is 4.38. The van der Waals surface area contributed by atoms with Gasteiger partial charge in [-0.3, -0.25) is 4.79 Å². The van der Waals surface area contributed by atoms with Gasteiger partial charge in [0.05, 0.1) is 11.3 Å². The third-order valence-corrected chi connectivity index (χ3v) is 4.79. The molecule has 0 unspecified atom stereocenters. The second-order valence-corrected chi connectivity index (χ2v) is 7.02. The summed E-state index contributed by atoms with van der Waals surface area (Å²) in [5, 5.41) is 22.1. The Balaban J connectivity index is 1.53. The standard InChI is InChI=1S/C21H19N3O4S/c25-16-9-7-15(8-10-16)23-24-19-6-2-1-5-18(19)21(27)28-14-20(26)22-12-11-17-4-3-13-29-17/h1-10,13,25H,11-12,14H2,(H,22,26). The van der Waals surface area contributed by atoms with Gasteiger partial charge in [-0.1, -0.05) is 18.2 Å². The molecule has 8 heteroatoms. The largest absolute Gasteiger partial charge is 0.508 e. The molecule has 3 rings (SSSR count). The predicted molar refractivity (Wildman–Crippen MR) is 110 cm³/mol. The number of azo groups is 1. The maximum absolute atomic E-state index is 12.4. The maximum atomic E-state index is 12.4. The molecule has 0 aliphatic rings. The van der Waals surface area contributed by atoms with Gasteiger partial charge in [0.1, 0.15) is 11.4 Å². The van der Waals surface area contributed by atoms with E-state index >= 15 is 0 Å². The number of carbonyl (C=O) groups excluding carboxylic acids is 2. The van der Waals surface area contributed by atoms with Gasteiger partial charge in [0.25, 0.3) is 5.91 Å².